The smallest absolute Gasteiger partial charge is 0.261 e. The lowest BCUT2D eigenvalue weighted by atomic mass is 10.1. The zero-order valence-corrected chi connectivity index (χ0v) is 24.5. The molecule has 8 nitrogen and oxygen atoms in total. The number of hydrogen-bond acceptors (Lipinski definition) is 6. The number of nitrogens with one attached hydrogen (secondary N) is 2. The predicted molar refractivity (Wildman–Crippen MR) is 169 cm³/mol. The highest BCUT2D eigenvalue weighted by molar-refractivity contribution is 7.93. The Morgan fingerprint density at radius 1 is 0.465 bits per heavy atom. The van der Waals surface area contributed by atoms with E-state index in [0.717, 1.165) is 21.5 Å². The number of anilines is 2. The molecule has 0 saturated carbocycles. The van der Waals surface area contributed by atoms with Gasteiger partial charge in [0.1, 0.15) is 17.2 Å². The Kier molecular flexibility index (Phi) is 7.39. The summed E-state index contributed by atoms with van der Waals surface area (Å²) in [5.41, 5.74) is 0.0168. The van der Waals surface area contributed by atoms with Crippen molar-refractivity contribution in [1.29, 1.82) is 0 Å². The van der Waals surface area contributed by atoms with Crippen molar-refractivity contribution in [3.63, 3.8) is 0 Å². The van der Waals surface area contributed by atoms with Gasteiger partial charge >= 0.3 is 0 Å². The summed E-state index contributed by atoms with van der Waals surface area (Å²) in [7, 11) is -6.67. The van der Waals surface area contributed by atoms with Gasteiger partial charge in [0.15, 0.2) is 0 Å². The summed E-state index contributed by atoms with van der Waals surface area (Å²) in [6.07, 6.45) is 0. The fraction of sp³-hybridized carbons (Fsp3) is 0.0303. The maximum absolute atomic E-state index is 13.6. The summed E-state index contributed by atoms with van der Waals surface area (Å²) < 4.78 is 70.4. The van der Waals surface area contributed by atoms with Gasteiger partial charge in [-0.05, 0) is 82.2 Å². The minimum Gasteiger partial charge on any atom is -0.497 e. The standard InChI is InChI=1S/C33H26N2O6S2/c1-40-27-12-14-28(15-13-27)41-29-16-19-32(34-42(36,37)30-17-10-23-6-2-4-8-25(23)20-30)33(22-29)35-43(38,39)31-18-11-24-7-3-5-9-26(24)21-31/h2-22,34-35H,1H3. The van der Waals surface area contributed by atoms with Gasteiger partial charge in [0.2, 0.25) is 0 Å². The lowest BCUT2D eigenvalue weighted by Crippen LogP contribution is -2.17. The van der Waals surface area contributed by atoms with Crippen LogP contribution in [0.3, 0.4) is 0 Å². The molecule has 0 heterocycles. The van der Waals surface area contributed by atoms with Crippen molar-refractivity contribution in [3.8, 4) is 17.2 Å². The Morgan fingerprint density at radius 3 is 1.47 bits per heavy atom. The summed E-state index contributed by atoms with van der Waals surface area (Å²) in [6.45, 7) is 0. The molecule has 0 unspecified atom stereocenters. The minimum absolute atomic E-state index is 0.0106. The number of benzene rings is 6. The Morgan fingerprint density at radius 2 is 0.930 bits per heavy atom. The topological polar surface area (TPSA) is 111 Å². The molecule has 0 aliphatic heterocycles. The zero-order valence-electron chi connectivity index (χ0n) is 22.9. The molecule has 0 aromatic heterocycles. The summed E-state index contributed by atoms with van der Waals surface area (Å²) in [5.74, 6) is 1.42. The lowest BCUT2D eigenvalue weighted by Gasteiger charge is -2.17. The van der Waals surface area contributed by atoms with Crippen LogP contribution >= 0.6 is 0 Å². The Bertz CT molecular complexity index is 2180. The highest BCUT2D eigenvalue weighted by Crippen LogP contribution is 2.34. The van der Waals surface area contributed by atoms with Crippen LogP contribution in [0.2, 0.25) is 0 Å². The molecule has 0 aliphatic carbocycles. The minimum atomic E-state index is -4.13. The summed E-state index contributed by atoms with van der Waals surface area (Å²) in [6, 6.07) is 35.7. The molecule has 0 atom stereocenters. The molecule has 0 bridgehead atoms. The number of sulfonamides is 2. The fourth-order valence-electron chi connectivity index (χ4n) is 4.62. The van der Waals surface area contributed by atoms with Crippen molar-refractivity contribution >= 4 is 53.0 Å². The van der Waals surface area contributed by atoms with Gasteiger partial charge in [-0.3, -0.25) is 9.44 Å². The number of hydrogen-bond donors (Lipinski definition) is 2. The van der Waals surface area contributed by atoms with E-state index in [0.29, 0.717) is 11.5 Å². The van der Waals surface area contributed by atoms with Gasteiger partial charge in [0.05, 0.1) is 28.3 Å². The van der Waals surface area contributed by atoms with E-state index in [9.17, 15) is 16.8 Å². The molecule has 10 heteroatoms. The van der Waals surface area contributed by atoms with Crippen LogP contribution in [0.5, 0.6) is 17.2 Å². The third-order valence-corrected chi connectivity index (χ3v) is 9.56. The second-order valence-electron chi connectivity index (χ2n) is 9.71. The quantitative estimate of drug-likeness (QED) is 0.177. The van der Waals surface area contributed by atoms with E-state index in [2.05, 4.69) is 9.44 Å². The average Bonchev–Trinajstić information content (AvgIpc) is 3.02. The molecule has 0 fully saturated rings. The molecule has 0 amide bonds. The molecule has 0 radical (unpaired) electrons. The van der Waals surface area contributed by atoms with Crippen LogP contribution in [0, 0.1) is 0 Å². The highest BCUT2D eigenvalue weighted by atomic mass is 32.2. The van der Waals surface area contributed by atoms with Crippen LogP contribution < -0.4 is 18.9 Å². The zero-order chi connectivity index (χ0) is 30.0. The monoisotopic (exact) mass is 610 g/mol. The molecule has 6 rings (SSSR count). The first-order valence-electron chi connectivity index (χ1n) is 13.2. The van der Waals surface area contributed by atoms with E-state index in [-0.39, 0.29) is 26.9 Å². The van der Waals surface area contributed by atoms with Crippen molar-refractivity contribution < 1.29 is 26.3 Å². The Hall–Kier alpha value is -5.06. The third kappa shape index (κ3) is 6.11. The van der Waals surface area contributed by atoms with Gasteiger partial charge in [0, 0.05) is 6.07 Å². The summed E-state index contributed by atoms with van der Waals surface area (Å²) in [5, 5.41) is 3.29. The molecular weight excluding hydrogens is 585 g/mol. The van der Waals surface area contributed by atoms with Gasteiger partial charge in [-0.1, -0.05) is 60.7 Å². The third-order valence-electron chi connectivity index (χ3n) is 6.84. The van der Waals surface area contributed by atoms with Crippen LogP contribution in [0.1, 0.15) is 0 Å². The second kappa shape index (κ2) is 11.3. The molecule has 0 aliphatic rings. The summed E-state index contributed by atoms with van der Waals surface area (Å²) in [4.78, 5) is 0.0594. The van der Waals surface area contributed by atoms with E-state index in [1.807, 2.05) is 48.5 Å². The van der Waals surface area contributed by atoms with Crippen LogP contribution in [0.15, 0.2) is 137 Å². The molecule has 216 valence electrons. The lowest BCUT2D eigenvalue weighted by molar-refractivity contribution is 0.413. The van der Waals surface area contributed by atoms with Gasteiger partial charge in [0.25, 0.3) is 20.0 Å². The maximum Gasteiger partial charge on any atom is 0.261 e. The molecule has 0 spiro atoms. The van der Waals surface area contributed by atoms with Crippen molar-refractivity contribution in [2.75, 3.05) is 16.6 Å². The average molecular weight is 611 g/mol. The normalized spacial score (nSPS) is 11.7. The van der Waals surface area contributed by atoms with E-state index < -0.39 is 20.0 Å². The molecule has 2 N–H and O–H groups in total. The first-order valence-corrected chi connectivity index (χ1v) is 16.2. The van der Waals surface area contributed by atoms with Gasteiger partial charge in [-0.25, -0.2) is 16.8 Å². The first-order chi connectivity index (χ1) is 20.7. The molecule has 0 saturated heterocycles. The first kappa shape index (κ1) is 28.1. The number of rotatable bonds is 9. The Balaban J connectivity index is 1.37. The number of ether oxygens (including phenoxy) is 2. The predicted octanol–water partition coefficient (Wildman–Crippen LogP) is 7.40. The van der Waals surface area contributed by atoms with Crippen molar-refractivity contribution in [2.24, 2.45) is 0 Å². The van der Waals surface area contributed by atoms with E-state index in [1.165, 1.54) is 24.3 Å². The maximum atomic E-state index is 13.6. The molecule has 6 aromatic rings. The van der Waals surface area contributed by atoms with Crippen LogP contribution in [-0.4, -0.2) is 23.9 Å². The van der Waals surface area contributed by atoms with Gasteiger partial charge in [-0.2, -0.15) is 0 Å². The van der Waals surface area contributed by atoms with Crippen molar-refractivity contribution in [1.82, 2.24) is 0 Å². The van der Waals surface area contributed by atoms with Gasteiger partial charge < -0.3 is 9.47 Å². The van der Waals surface area contributed by atoms with E-state index >= 15 is 0 Å². The molecular formula is C33H26N2O6S2. The highest BCUT2D eigenvalue weighted by Gasteiger charge is 2.21. The molecule has 6 aromatic carbocycles. The van der Waals surface area contributed by atoms with E-state index in [4.69, 9.17) is 9.47 Å². The van der Waals surface area contributed by atoms with Crippen LogP contribution in [0.4, 0.5) is 11.4 Å². The number of fused-ring (bicyclic) bond motifs is 2. The van der Waals surface area contributed by atoms with Crippen molar-refractivity contribution in [2.45, 2.75) is 9.79 Å². The number of methoxy groups -OCH3 is 1. The van der Waals surface area contributed by atoms with Gasteiger partial charge in [-0.15, -0.1) is 0 Å². The van der Waals surface area contributed by atoms with Crippen LogP contribution in [0.25, 0.3) is 21.5 Å². The van der Waals surface area contributed by atoms with Crippen molar-refractivity contribution in [3.05, 3.63) is 127 Å². The fourth-order valence-corrected chi connectivity index (χ4v) is 6.84. The largest absolute Gasteiger partial charge is 0.497 e. The summed E-state index contributed by atoms with van der Waals surface area (Å²) >= 11 is 0. The molecule has 43 heavy (non-hydrogen) atoms. The van der Waals surface area contributed by atoms with E-state index in [1.54, 1.807) is 61.7 Å². The van der Waals surface area contributed by atoms with Crippen LogP contribution in [-0.2, 0) is 20.0 Å². The Labute approximate surface area is 249 Å². The second-order valence-corrected chi connectivity index (χ2v) is 13.1. The SMILES string of the molecule is COc1ccc(Oc2ccc(NS(=O)(=O)c3ccc4ccccc4c3)c(NS(=O)(=O)c3ccc4ccccc4c3)c2)cc1.